The van der Waals surface area contributed by atoms with Crippen LogP contribution in [0.15, 0.2) is 42.6 Å². The first-order valence-electron chi connectivity index (χ1n) is 8.26. The molecule has 0 aliphatic carbocycles. The van der Waals surface area contributed by atoms with Crippen LogP contribution in [0.1, 0.15) is 11.1 Å². The average molecular weight is 370 g/mol. The van der Waals surface area contributed by atoms with Gasteiger partial charge >= 0.3 is 0 Å². The van der Waals surface area contributed by atoms with Crippen LogP contribution in [-0.2, 0) is 0 Å². The van der Waals surface area contributed by atoms with Crippen molar-refractivity contribution >= 4 is 29.1 Å². The van der Waals surface area contributed by atoms with Gasteiger partial charge in [0.25, 0.3) is 0 Å². The molecule has 2 aromatic heterocycles. The maximum atomic E-state index is 9.06. The van der Waals surface area contributed by atoms with E-state index in [1.807, 2.05) is 50.2 Å². The number of aliphatic hydroxyl groups excluding tert-OH is 1. The lowest BCUT2D eigenvalue weighted by atomic mass is 10.1. The molecule has 0 fully saturated rings. The predicted molar refractivity (Wildman–Crippen MR) is 105 cm³/mol. The molecule has 2 heterocycles. The Labute approximate surface area is 157 Å². The first kappa shape index (κ1) is 18.1. The monoisotopic (exact) mass is 369 g/mol. The molecule has 0 bridgehead atoms. The number of rotatable bonds is 6. The molecule has 6 nitrogen and oxygen atoms in total. The van der Waals surface area contributed by atoms with Crippen molar-refractivity contribution in [2.24, 2.45) is 0 Å². The van der Waals surface area contributed by atoms with E-state index in [4.69, 9.17) is 16.7 Å². The number of nitrogens with one attached hydrogen (secondary N) is 2. The number of aryl methyl sites for hydroxylation is 1. The second-order valence-electron chi connectivity index (χ2n) is 5.82. The van der Waals surface area contributed by atoms with E-state index in [-0.39, 0.29) is 6.61 Å². The summed E-state index contributed by atoms with van der Waals surface area (Å²) in [4.78, 5) is 13.3. The number of hydrogen-bond acceptors (Lipinski definition) is 6. The maximum Gasteiger partial charge on any atom is 0.225 e. The van der Waals surface area contributed by atoms with Crippen LogP contribution in [0.4, 0.5) is 17.5 Å². The zero-order valence-electron chi connectivity index (χ0n) is 14.6. The summed E-state index contributed by atoms with van der Waals surface area (Å²) in [6, 6.07) is 11.3. The minimum atomic E-state index is -0.00749. The lowest BCUT2D eigenvalue weighted by molar-refractivity contribution is 0.311. The third kappa shape index (κ3) is 4.09. The molecule has 0 unspecified atom stereocenters. The van der Waals surface area contributed by atoms with Crippen molar-refractivity contribution in [2.75, 3.05) is 23.8 Å². The van der Waals surface area contributed by atoms with Gasteiger partial charge in [0.15, 0.2) is 0 Å². The summed E-state index contributed by atoms with van der Waals surface area (Å²) in [7, 11) is 0. The van der Waals surface area contributed by atoms with E-state index in [0.29, 0.717) is 29.0 Å². The molecule has 1 aromatic carbocycles. The standard InChI is InChI=1S/C19H20ClN5O/c1-12-6-7-14(20)13(2)18(12)24-17-11-16(15-5-3-4-8-21-15)23-19(25-17)22-9-10-26/h3-8,11,26H,9-10H2,1-2H3,(H2,22,23,24,25). The van der Waals surface area contributed by atoms with Gasteiger partial charge in [-0.3, -0.25) is 4.98 Å². The minimum Gasteiger partial charge on any atom is -0.395 e. The molecule has 134 valence electrons. The summed E-state index contributed by atoms with van der Waals surface area (Å²) in [5, 5.41) is 16.1. The number of aromatic nitrogens is 3. The lowest BCUT2D eigenvalue weighted by Crippen LogP contribution is -2.10. The third-order valence-electron chi connectivity index (χ3n) is 3.91. The fraction of sp³-hybridized carbons (Fsp3) is 0.211. The van der Waals surface area contributed by atoms with Gasteiger partial charge in [-0.1, -0.05) is 23.7 Å². The van der Waals surface area contributed by atoms with Gasteiger partial charge < -0.3 is 15.7 Å². The fourth-order valence-electron chi connectivity index (χ4n) is 2.55. The molecule has 0 atom stereocenters. The van der Waals surface area contributed by atoms with Crippen molar-refractivity contribution in [1.82, 2.24) is 15.0 Å². The molecule has 3 rings (SSSR count). The number of nitrogens with zero attached hydrogens (tertiary/aromatic N) is 3. The van der Waals surface area contributed by atoms with Crippen LogP contribution >= 0.6 is 11.6 Å². The first-order valence-corrected chi connectivity index (χ1v) is 8.64. The number of halogens is 1. The number of aliphatic hydroxyl groups is 1. The molecule has 0 saturated carbocycles. The minimum absolute atomic E-state index is 0.00749. The lowest BCUT2D eigenvalue weighted by Gasteiger charge is -2.15. The van der Waals surface area contributed by atoms with Crippen molar-refractivity contribution in [3.05, 3.63) is 58.7 Å². The summed E-state index contributed by atoms with van der Waals surface area (Å²) in [6.45, 7) is 4.33. The Kier molecular flexibility index (Phi) is 5.65. The highest BCUT2D eigenvalue weighted by Crippen LogP contribution is 2.30. The Hall–Kier alpha value is -2.70. The van der Waals surface area contributed by atoms with Crippen molar-refractivity contribution in [1.29, 1.82) is 0 Å². The van der Waals surface area contributed by atoms with Crippen molar-refractivity contribution < 1.29 is 5.11 Å². The van der Waals surface area contributed by atoms with Gasteiger partial charge in [0.05, 0.1) is 18.0 Å². The van der Waals surface area contributed by atoms with Crippen LogP contribution in [0.2, 0.25) is 5.02 Å². The zero-order valence-corrected chi connectivity index (χ0v) is 15.4. The van der Waals surface area contributed by atoms with Gasteiger partial charge in [0.2, 0.25) is 5.95 Å². The Morgan fingerprint density at radius 1 is 1.08 bits per heavy atom. The number of pyridine rings is 1. The summed E-state index contributed by atoms with van der Waals surface area (Å²) in [5.41, 5.74) is 4.35. The molecule has 0 amide bonds. The van der Waals surface area contributed by atoms with Crippen molar-refractivity contribution in [2.45, 2.75) is 13.8 Å². The molecule has 0 aliphatic heterocycles. The maximum absolute atomic E-state index is 9.06. The molecule has 3 aromatic rings. The molecule has 26 heavy (non-hydrogen) atoms. The average Bonchev–Trinajstić information content (AvgIpc) is 2.67. The smallest absolute Gasteiger partial charge is 0.225 e. The van der Waals surface area contributed by atoms with Crippen LogP contribution in [0, 0.1) is 13.8 Å². The second-order valence-corrected chi connectivity index (χ2v) is 6.22. The zero-order chi connectivity index (χ0) is 18.5. The molecule has 0 spiro atoms. The summed E-state index contributed by atoms with van der Waals surface area (Å²) in [5.74, 6) is 1.04. The number of hydrogen-bond donors (Lipinski definition) is 3. The Morgan fingerprint density at radius 3 is 2.65 bits per heavy atom. The summed E-state index contributed by atoms with van der Waals surface area (Å²) < 4.78 is 0. The highest BCUT2D eigenvalue weighted by Gasteiger charge is 2.11. The topological polar surface area (TPSA) is 83.0 Å². The SMILES string of the molecule is Cc1ccc(Cl)c(C)c1Nc1cc(-c2ccccn2)nc(NCCO)n1. The Balaban J connectivity index is 2.02. The van der Waals surface area contributed by atoms with Gasteiger partial charge in [-0.05, 0) is 43.2 Å². The molecule has 0 aliphatic rings. The molecule has 3 N–H and O–H groups in total. The molecular formula is C19H20ClN5O. The molecular weight excluding hydrogens is 350 g/mol. The summed E-state index contributed by atoms with van der Waals surface area (Å²) >= 11 is 6.26. The Morgan fingerprint density at radius 2 is 1.92 bits per heavy atom. The van der Waals surface area contributed by atoms with Gasteiger partial charge in [-0.2, -0.15) is 4.98 Å². The van der Waals surface area contributed by atoms with Crippen LogP contribution in [-0.4, -0.2) is 33.2 Å². The first-order chi connectivity index (χ1) is 12.6. The van der Waals surface area contributed by atoms with E-state index < -0.39 is 0 Å². The van der Waals surface area contributed by atoms with E-state index in [1.165, 1.54) is 0 Å². The highest BCUT2D eigenvalue weighted by molar-refractivity contribution is 6.31. The van der Waals surface area contributed by atoms with E-state index in [9.17, 15) is 0 Å². The van der Waals surface area contributed by atoms with Crippen molar-refractivity contribution in [3.63, 3.8) is 0 Å². The van der Waals surface area contributed by atoms with Crippen LogP contribution in [0.25, 0.3) is 11.4 Å². The third-order valence-corrected chi connectivity index (χ3v) is 4.32. The van der Waals surface area contributed by atoms with Crippen LogP contribution in [0.3, 0.4) is 0 Å². The van der Waals surface area contributed by atoms with Gasteiger partial charge in [0.1, 0.15) is 5.82 Å². The van der Waals surface area contributed by atoms with E-state index in [2.05, 4.69) is 25.6 Å². The largest absolute Gasteiger partial charge is 0.395 e. The number of anilines is 3. The number of benzene rings is 1. The second kappa shape index (κ2) is 8.12. The molecule has 7 heteroatoms. The Bertz CT molecular complexity index is 902. The van der Waals surface area contributed by atoms with Gasteiger partial charge in [-0.25, -0.2) is 4.98 Å². The predicted octanol–water partition coefficient (Wildman–Crippen LogP) is 3.96. The highest BCUT2D eigenvalue weighted by atomic mass is 35.5. The van der Waals surface area contributed by atoms with E-state index in [0.717, 1.165) is 22.5 Å². The van der Waals surface area contributed by atoms with Crippen LogP contribution < -0.4 is 10.6 Å². The molecule has 0 saturated heterocycles. The molecule has 0 radical (unpaired) electrons. The van der Waals surface area contributed by atoms with Crippen molar-refractivity contribution in [3.8, 4) is 11.4 Å². The fourth-order valence-corrected chi connectivity index (χ4v) is 2.70. The summed E-state index contributed by atoms with van der Waals surface area (Å²) in [6.07, 6.45) is 1.72. The van der Waals surface area contributed by atoms with Gasteiger partial charge in [-0.15, -0.1) is 0 Å². The van der Waals surface area contributed by atoms with E-state index in [1.54, 1.807) is 6.20 Å². The van der Waals surface area contributed by atoms with Crippen LogP contribution in [0.5, 0.6) is 0 Å². The van der Waals surface area contributed by atoms with Gasteiger partial charge in [0, 0.05) is 29.5 Å². The quantitative estimate of drug-likeness (QED) is 0.610. The van der Waals surface area contributed by atoms with E-state index >= 15 is 0 Å². The normalized spacial score (nSPS) is 10.6.